The number of anilines is 1. The molecule has 12 heteroatoms. The second-order valence-corrected chi connectivity index (χ2v) is 6.40. The third-order valence-corrected chi connectivity index (χ3v) is 4.27. The van der Waals surface area contributed by atoms with Crippen LogP contribution >= 0.6 is 11.3 Å². The van der Waals surface area contributed by atoms with E-state index in [0.717, 1.165) is 0 Å². The van der Waals surface area contributed by atoms with Gasteiger partial charge in [0.05, 0.1) is 15.5 Å². The third kappa shape index (κ3) is 5.88. The molecule has 3 amide bonds. The Morgan fingerprint density at radius 2 is 2.14 bits per heavy atom. The zero-order valence-electron chi connectivity index (χ0n) is 14.9. The minimum Gasteiger partial charge on any atom is -0.350 e. The van der Waals surface area contributed by atoms with Crippen molar-refractivity contribution in [3.63, 3.8) is 0 Å². The summed E-state index contributed by atoms with van der Waals surface area (Å²) in [7, 11) is 0. The van der Waals surface area contributed by atoms with Gasteiger partial charge in [-0.15, -0.1) is 0 Å². The van der Waals surface area contributed by atoms with Crippen molar-refractivity contribution in [3.05, 3.63) is 56.6 Å². The molecule has 0 spiro atoms. The first kappa shape index (κ1) is 20.5. The van der Waals surface area contributed by atoms with Gasteiger partial charge in [0, 0.05) is 19.1 Å². The Balaban J connectivity index is 2.34. The molecule has 2 rings (SSSR count). The fourth-order valence-corrected chi connectivity index (χ4v) is 2.91. The molecular formula is C16H17N7O4S. The zero-order chi connectivity index (χ0) is 20.7. The summed E-state index contributed by atoms with van der Waals surface area (Å²) in [6.07, 6.45) is 3.17. The second kappa shape index (κ2) is 9.23. The van der Waals surface area contributed by atoms with Gasteiger partial charge in [0.1, 0.15) is 5.71 Å². The Kier molecular flexibility index (Phi) is 6.76. The Labute approximate surface area is 163 Å². The molecule has 28 heavy (non-hydrogen) atoms. The lowest BCUT2D eigenvalue weighted by molar-refractivity contribution is -0.384. The molecular weight excluding hydrogens is 386 g/mol. The van der Waals surface area contributed by atoms with E-state index in [4.69, 9.17) is 5.73 Å². The van der Waals surface area contributed by atoms with Crippen LogP contribution in [0.5, 0.6) is 0 Å². The fourth-order valence-electron chi connectivity index (χ4n) is 2.03. The summed E-state index contributed by atoms with van der Waals surface area (Å²) < 4.78 is 0. The van der Waals surface area contributed by atoms with E-state index >= 15 is 0 Å². The van der Waals surface area contributed by atoms with Gasteiger partial charge >= 0.3 is 6.03 Å². The number of non-ortho nitro benzene ring substituents is 1. The lowest BCUT2D eigenvalue weighted by atomic mass is 10.1. The number of urea groups is 1. The predicted octanol–water partition coefficient (Wildman–Crippen LogP) is 1.91. The number of nitrogens with two attached hydrogens (primary N) is 1. The summed E-state index contributed by atoms with van der Waals surface area (Å²) >= 11 is 1.19. The number of allylic oxidation sites excluding steroid dienone is 1. The lowest BCUT2D eigenvalue weighted by Gasteiger charge is -2.01. The largest absolute Gasteiger partial charge is 0.350 e. The van der Waals surface area contributed by atoms with E-state index in [-0.39, 0.29) is 11.6 Å². The Morgan fingerprint density at radius 3 is 2.79 bits per heavy atom. The Bertz CT molecular complexity index is 968. The smallest absolute Gasteiger partial charge is 0.332 e. The topological polar surface area (TPSA) is 165 Å². The first-order valence-electron chi connectivity index (χ1n) is 7.82. The van der Waals surface area contributed by atoms with Gasteiger partial charge in [0.25, 0.3) is 5.69 Å². The average Bonchev–Trinajstić information content (AvgIpc) is 3.00. The first-order valence-corrected chi connectivity index (χ1v) is 8.64. The normalized spacial score (nSPS) is 11.3. The lowest BCUT2D eigenvalue weighted by Crippen LogP contribution is -2.26. The number of amides is 3. The van der Waals surface area contributed by atoms with Gasteiger partial charge in [-0.1, -0.05) is 29.5 Å². The molecule has 1 aromatic carbocycles. The summed E-state index contributed by atoms with van der Waals surface area (Å²) in [4.78, 5) is 37.3. The number of hydrogen-bond acceptors (Lipinski definition) is 8. The van der Waals surface area contributed by atoms with Crippen LogP contribution in [0.3, 0.4) is 0 Å². The highest BCUT2D eigenvalue weighted by Gasteiger charge is 2.13. The summed E-state index contributed by atoms with van der Waals surface area (Å²) in [5, 5.41) is 15.3. The van der Waals surface area contributed by atoms with Crippen LogP contribution in [0.2, 0.25) is 0 Å². The van der Waals surface area contributed by atoms with E-state index in [1.54, 1.807) is 31.2 Å². The molecule has 0 aliphatic carbocycles. The predicted molar refractivity (Wildman–Crippen MR) is 106 cm³/mol. The van der Waals surface area contributed by atoms with Crippen LogP contribution in [0, 0.1) is 17.0 Å². The molecule has 0 unspecified atom stereocenters. The van der Waals surface area contributed by atoms with E-state index in [0.29, 0.717) is 27.0 Å². The number of aromatic nitrogens is 1. The molecule has 146 valence electrons. The standard InChI is InChI=1S/C16H17N7O4S/c1-9-14(28-16(18-9)22-19-10(2)24)13(20-21-15(17)25)7-6-11-4-3-5-12(8-11)23(26)27/h3-8H,1-2H3,(H,18,22)(H,19,24)(H3,17,21,25). The van der Waals surface area contributed by atoms with Crippen molar-refractivity contribution in [3.8, 4) is 0 Å². The fraction of sp³-hybridized carbons (Fsp3) is 0.125. The maximum Gasteiger partial charge on any atom is 0.332 e. The van der Waals surface area contributed by atoms with Gasteiger partial charge in [-0.05, 0) is 18.6 Å². The van der Waals surface area contributed by atoms with Crippen molar-refractivity contribution in [1.82, 2.24) is 15.8 Å². The number of aryl methyl sites for hydroxylation is 1. The van der Waals surface area contributed by atoms with Crippen LogP contribution in [0.15, 0.2) is 35.4 Å². The van der Waals surface area contributed by atoms with Crippen LogP contribution in [0.25, 0.3) is 6.08 Å². The molecule has 0 fully saturated rings. The minimum atomic E-state index is -0.847. The van der Waals surface area contributed by atoms with E-state index in [9.17, 15) is 19.7 Å². The summed E-state index contributed by atoms with van der Waals surface area (Å²) in [6, 6.07) is 5.18. The van der Waals surface area contributed by atoms with E-state index in [1.165, 1.54) is 30.4 Å². The van der Waals surface area contributed by atoms with Crippen molar-refractivity contribution in [2.75, 3.05) is 5.43 Å². The molecule has 0 atom stereocenters. The molecule has 0 saturated heterocycles. The number of nitro groups is 1. The van der Waals surface area contributed by atoms with Crippen molar-refractivity contribution in [2.24, 2.45) is 10.8 Å². The van der Waals surface area contributed by atoms with Gasteiger partial charge in [0.2, 0.25) is 11.0 Å². The molecule has 1 heterocycles. The third-order valence-electron chi connectivity index (χ3n) is 3.18. The molecule has 0 saturated carbocycles. The number of nitro benzene ring substituents is 1. The highest BCUT2D eigenvalue weighted by Crippen LogP contribution is 2.24. The van der Waals surface area contributed by atoms with Crippen molar-refractivity contribution in [1.29, 1.82) is 0 Å². The molecule has 0 radical (unpaired) electrons. The molecule has 0 aliphatic heterocycles. The van der Waals surface area contributed by atoms with Gasteiger partial charge in [-0.3, -0.25) is 25.8 Å². The highest BCUT2D eigenvalue weighted by atomic mass is 32.1. The minimum absolute atomic E-state index is 0.0494. The van der Waals surface area contributed by atoms with Crippen LogP contribution < -0.4 is 22.0 Å². The monoisotopic (exact) mass is 403 g/mol. The Hall–Kier alpha value is -3.80. The number of nitrogens with zero attached hydrogens (tertiary/aromatic N) is 3. The van der Waals surface area contributed by atoms with E-state index in [2.05, 4.69) is 26.4 Å². The number of hydrazine groups is 1. The number of nitrogens with one attached hydrogen (secondary N) is 3. The Morgan fingerprint density at radius 1 is 1.39 bits per heavy atom. The van der Waals surface area contributed by atoms with Crippen molar-refractivity contribution < 1.29 is 14.5 Å². The number of thiazole rings is 1. The average molecular weight is 403 g/mol. The van der Waals surface area contributed by atoms with Gasteiger partial charge in [0.15, 0.2) is 0 Å². The molecule has 11 nitrogen and oxygen atoms in total. The van der Waals surface area contributed by atoms with Gasteiger partial charge in [-0.25, -0.2) is 15.2 Å². The molecule has 0 aliphatic rings. The number of benzene rings is 1. The maximum atomic E-state index is 11.0. The second-order valence-electron chi connectivity index (χ2n) is 5.40. The molecule has 5 N–H and O–H groups in total. The number of hydrogen-bond donors (Lipinski definition) is 4. The summed E-state index contributed by atoms with van der Waals surface area (Å²) in [5.74, 6) is -0.288. The van der Waals surface area contributed by atoms with Crippen molar-refractivity contribution in [2.45, 2.75) is 13.8 Å². The van der Waals surface area contributed by atoms with Crippen LogP contribution in [-0.2, 0) is 4.79 Å². The van der Waals surface area contributed by atoms with Crippen molar-refractivity contribution >= 4 is 45.9 Å². The summed E-state index contributed by atoms with van der Waals surface area (Å²) in [5.41, 5.74) is 13.7. The number of hydrazone groups is 1. The first-order chi connectivity index (χ1) is 13.3. The van der Waals surface area contributed by atoms with E-state index in [1.807, 2.05) is 0 Å². The van der Waals surface area contributed by atoms with Gasteiger partial charge in [-0.2, -0.15) is 5.10 Å². The zero-order valence-corrected chi connectivity index (χ0v) is 15.7. The molecule has 1 aromatic heterocycles. The SMILES string of the molecule is CC(=O)NNc1nc(C)c(C(C=Cc2cccc([N+](=O)[O-])c2)=NNC(N)=O)s1. The van der Waals surface area contributed by atoms with Gasteiger partial charge < -0.3 is 5.73 Å². The maximum absolute atomic E-state index is 11.0. The van der Waals surface area contributed by atoms with Crippen LogP contribution in [0.1, 0.15) is 23.1 Å². The van der Waals surface area contributed by atoms with E-state index < -0.39 is 11.0 Å². The molecule has 2 aromatic rings. The number of carbonyl (C=O) groups is 2. The van der Waals surface area contributed by atoms with Crippen LogP contribution in [-0.4, -0.2) is 27.6 Å². The number of rotatable bonds is 7. The quantitative estimate of drug-likeness (QED) is 0.313. The number of primary amides is 1. The van der Waals surface area contributed by atoms with Crippen LogP contribution in [0.4, 0.5) is 15.6 Å². The highest BCUT2D eigenvalue weighted by molar-refractivity contribution is 7.17. The number of carbonyl (C=O) groups excluding carboxylic acids is 2. The molecule has 0 bridgehead atoms. The summed E-state index contributed by atoms with van der Waals surface area (Å²) in [6.45, 7) is 3.07.